The Hall–Kier alpha value is -2.86. The quantitative estimate of drug-likeness (QED) is 0.539. The highest BCUT2D eigenvalue weighted by molar-refractivity contribution is 6.30. The van der Waals surface area contributed by atoms with Gasteiger partial charge in [0.05, 0.1) is 18.3 Å². The average molecular weight is 328 g/mol. The molecule has 6 nitrogen and oxygen atoms in total. The zero-order valence-corrected chi connectivity index (χ0v) is 12.5. The first-order valence-electron chi connectivity index (χ1n) is 6.87. The van der Waals surface area contributed by atoms with E-state index in [-0.39, 0.29) is 12.4 Å². The normalized spacial score (nSPS) is 11.2. The van der Waals surface area contributed by atoms with E-state index < -0.39 is 5.76 Å². The molecule has 0 aliphatic carbocycles. The number of fused-ring (bicyclic) bond motifs is 1. The number of para-hydroxylation sites is 1. The average Bonchev–Trinajstić information content (AvgIpc) is 3.18. The molecule has 7 heteroatoms. The Morgan fingerprint density at radius 2 is 2.04 bits per heavy atom. The summed E-state index contributed by atoms with van der Waals surface area (Å²) in [6, 6.07) is 12.9. The van der Waals surface area contributed by atoms with Gasteiger partial charge in [0.25, 0.3) is 5.89 Å². The van der Waals surface area contributed by atoms with Crippen molar-refractivity contribution in [3.05, 3.63) is 70.0 Å². The molecule has 114 valence electrons. The number of benzene rings is 1. The van der Waals surface area contributed by atoms with Gasteiger partial charge in [0.15, 0.2) is 5.76 Å². The second-order valence-corrected chi connectivity index (χ2v) is 5.30. The van der Waals surface area contributed by atoms with E-state index in [4.69, 9.17) is 20.4 Å². The third kappa shape index (κ3) is 2.53. The Labute approximate surface area is 134 Å². The standard InChI is InChI=1S/C16H10ClN3O3/c17-14-11(8-10-4-1-2-5-12(10)18-14)9-20-16(21)23-15(19-20)13-6-3-7-22-13/h1-8H,9H2. The van der Waals surface area contributed by atoms with Gasteiger partial charge < -0.3 is 8.83 Å². The molecule has 0 saturated heterocycles. The van der Waals surface area contributed by atoms with Crippen molar-refractivity contribution in [3.63, 3.8) is 0 Å². The topological polar surface area (TPSA) is 74.1 Å². The van der Waals surface area contributed by atoms with Crippen molar-refractivity contribution in [3.8, 4) is 11.7 Å². The van der Waals surface area contributed by atoms with E-state index in [0.717, 1.165) is 10.9 Å². The van der Waals surface area contributed by atoms with E-state index in [1.807, 2.05) is 30.3 Å². The number of aromatic nitrogens is 3. The minimum absolute atomic E-state index is 0.130. The van der Waals surface area contributed by atoms with Crippen molar-refractivity contribution in [1.82, 2.24) is 14.8 Å². The number of rotatable bonds is 3. The van der Waals surface area contributed by atoms with Crippen LogP contribution in [0.5, 0.6) is 0 Å². The summed E-state index contributed by atoms with van der Waals surface area (Å²) in [5, 5.41) is 5.40. The molecule has 0 aliphatic heterocycles. The van der Waals surface area contributed by atoms with E-state index in [1.54, 1.807) is 12.1 Å². The molecule has 0 N–H and O–H groups in total. The largest absolute Gasteiger partial charge is 0.459 e. The van der Waals surface area contributed by atoms with E-state index in [2.05, 4.69) is 10.1 Å². The van der Waals surface area contributed by atoms with Gasteiger partial charge in [-0.25, -0.2) is 9.78 Å². The third-order valence-electron chi connectivity index (χ3n) is 3.41. The number of hydrogen-bond acceptors (Lipinski definition) is 5. The summed E-state index contributed by atoms with van der Waals surface area (Å²) < 4.78 is 11.5. The smallest absolute Gasteiger partial charge is 0.437 e. The van der Waals surface area contributed by atoms with Gasteiger partial charge in [0.1, 0.15) is 5.15 Å². The Morgan fingerprint density at radius 3 is 2.87 bits per heavy atom. The summed E-state index contributed by atoms with van der Waals surface area (Å²) in [5.74, 6) is -0.0610. The van der Waals surface area contributed by atoms with Crippen molar-refractivity contribution in [1.29, 1.82) is 0 Å². The fourth-order valence-electron chi connectivity index (χ4n) is 2.31. The molecule has 3 heterocycles. The lowest BCUT2D eigenvalue weighted by Crippen LogP contribution is -2.17. The first kappa shape index (κ1) is 13.8. The van der Waals surface area contributed by atoms with Gasteiger partial charge >= 0.3 is 5.76 Å². The molecule has 0 unspecified atom stereocenters. The first-order valence-corrected chi connectivity index (χ1v) is 7.24. The molecular weight excluding hydrogens is 318 g/mol. The van der Waals surface area contributed by atoms with E-state index in [0.29, 0.717) is 16.5 Å². The van der Waals surface area contributed by atoms with Gasteiger partial charge in [-0.15, -0.1) is 5.10 Å². The van der Waals surface area contributed by atoms with Gasteiger partial charge in [-0.2, -0.15) is 4.68 Å². The number of furan rings is 1. The molecule has 4 rings (SSSR count). The lowest BCUT2D eigenvalue weighted by Gasteiger charge is -2.05. The molecule has 4 aromatic rings. The zero-order valence-electron chi connectivity index (χ0n) is 11.8. The van der Waals surface area contributed by atoms with E-state index >= 15 is 0 Å². The molecule has 0 fully saturated rings. The van der Waals surface area contributed by atoms with Crippen LogP contribution in [0.25, 0.3) is 22.6 Å². The molecular formula is C16H10ClN3O3. The van der Waals surface area contributed by atoms with Crippen LogP contribution in [-0.2, 0) is 6.54 Å². The number of hydrogen-bond donors (Lipinski definition) is 0. The molecule has 0 aliphatic rings. The van der Waals surface area contributed by atoms with E-state index in [9.17, 15) is 4.79 Å². The fourth-order valence-corrected chi connectivity index (χ4v) is 2.52. The van der Waals surface area contributed by atoms with Crippen molar-refractivity contribution in [2.45, 2.75) is 6.54 Å². The van der Waals surface area contributed by atoms with E-state index in [1.165, 1.54) is 10.9 Å². The van der Waals surface area contributed by atoms with Crippen LogP contribution in [0.4, 0.5) is 0 Å². The summed E-state index contributed by atoms with van der Waals surface area (Å²) in [6.45, 7) is 0.166. The fraction of sp³-hybridized carbons (Fsp3) is 0.0625. The minimum atomic E-state index is -0.583. The predicted octanol–water partition coefficient (Wildman–Crippen LogP) is 3.35. The SMILES string of the molecule is O=c1oc(-c2ccco2)nn1Cc1cc2ccccc2nc1Cl. The lowest BCUT2D eigenvalue weighted by molar-refractivity contribution is 0.476. The highest BCUT2D eigenvalue weighted by Gasteiger charge is 2.14. The predicted molar refractivity (Wildman–Crippen MR) is 84.3 cm³/mol. The first-order chi connectivity index (χ1) is 11.2. The van der Waals surface area contributed by atoms with Crippen LogP contribution in [0, 0.1) is 0 Å². The second kappa shape index (κ2) is 5.40. The summed E-state index contributed by atoms with van der Waals surface area (Å²) in [7, 11) is 0. The Balaban J connectivity index is 1.73. The summed E-state index contributed by atoms with van der Waals surface area (Å²) >= 11 is 6.21. The maximum Gasteiger partial charge on any atom is 0.437 e. The van der Waals surface area contributed by atoms with Crippen LogP contribution in [0.15, 0.2) is 62.4 Å². The van der Waals surface area contributed by atoms with Gasteiger partial charge in [0, 0.05) is 10.9 Å². The summed E-state index contributed by atoms with van der Waals surface area (Å²) in [6.07, 6.45) is 1.48. The lowest BCUT2D eigenvalue weighted by atomic mass is 10.1. The number of halogens is 1. The van der Waals surface area contributed by atoms with Crippen LogP contribution in [0.3, 0.4) is 0 Å². The summed E-state index contributed by atoms with van der Waals surface area (Å²) in [4.78, 5) is 16.3. The molecule has 0 saturated carbocycles. The van der Waals surface area contributed by atoms with Crippen molar-refractivity contribution < 1.29 is 8.83 Å². The molecule has 0 radical (unpaired) electrons. The van der Waals surface area contributed by atoms with Crippen LogP contribution in [0.2, 0.25) is 5.15 Å². The molecule has 0 atom stereocenters. The number of pyridine rings is 1. The molecule has 23 heavy (non-hydrogen) atoms. The Bertz CT molecular complexity index is 1030. The van der Waals surface area contributed by atoms with Gasteiger partial charge in [-0.3, -0.25) is 0 Å². The van der Waals surface area contributed by atoms with Crippen LogP contribution < -0.4 is 5.76 Å². The van der Waals surface area contributed by atoms with Crippen molar-refractivity contribution in [2.75, 3.05) is 0 Å². The molecule has 0 amide bonds. The number of nitrogens with zero attached hydrogens (tertiary/aromatic N) is 3. The molecule has 0 bridgehead atoms. The highest BCUT2D eigenvalue weighted by atomic mass is 35.5. The maximum atomic E-state index is 11.9. The molecule has 1 aromatic carbocycles. The van der Waals surface area contributed by atoms with Crippen molar-refractivity contribution in [2.24, 2.45) is 0 Å². The van der Waals surface area contributed by atoms with Gasteiger partial charge in [-0.05, 0) is 24.3 Å². The maximum absolute atomic E-state index is 11.9. The Morgan fingerprint density at radius 1 is 1.17 bits per heavy atom. The zero-order chi connectivity index (χ0) is 15.8. The second-order valence-electron chi connectivity index (χ2n) is 4.94. The minimum Gasteiger partial charge on any atom is -0.459 e. The van der Waals surface area contributed by atoms with Crippen LogP contribution >= 0.6 is 11.6 Å². The highest BCUT2D eigenvalue weighted by Crippen LogP contribution is 2.21. The van der Waals surface area contributed by atoms with Gasteiger partial charge in [0.2, 0.25) is 0 Å². The van der Waals surface area contributed by atoms with Crippen molar-refractivity contribution >= 4 is 22.5 Å². The molecule has 0 spiro atoms. The third-order valence-corrected chi connectivity index (χ3v) is 3.74. The Kier molecular flexibility index (Phi) is 3.24. The van der Waals surface area contributed by atoms with Crippen LogP contribution in [-0.4, -0.2) is 14.8 Å². The van der Waals surface area contributed by atoms with Crippen LogP contribution in [0.1, 0.15) is 5.56 Å². The summed E-state index contributed by atoms with van der Waals surface area (Å²) in [5.41, 5.74) is 1.48. The molecule has 3 aromatic heterocycles. The van der Waals surface area contributed by atoms with Gasteiger partial charge in [-0.1, -0.05) is 29.8 Å². The monoisotopic (exact) mass is 327 g/mol.